The summed E-state index contributed by atoms with van der Waals surface area (Å²) in [5, 5.41) is 2.87. The number of carbonyl (C=O) groups is 2. The summed E-state index contributed by atoms with van der Waals surface area (Å²) >= 11 is 3.17. The van der Waals surface area contributed by atoms with Crippen molar-refractivity contribution in [2.45, 2.75) is 24.0 Å². The molecule has 0 saturated carbocycles. The smallest absolute Gasteiger partial charge is 0.321 e. The van der Waals surface area contributed by atoms with Gasteiger partial charge in [0, 0.05) is 11.0 Å². The average molecular weight is 378 g/mol. The number of hydrogen-bond donors (Lipinski definition) is 3. The van der Waals surface area contributed by atoms with Crippen molar-refractivity contribution in [3.63, 3.8) is 0 Å². The highest BCUT2D eigenvalue weighted by atomic mass is 79.9. The maximum absolute atomic E-state index is 12.4. The fourth-order valence-electron chi connectivity index (χ4n) is 1.53. The van der Waals surface area contributed by atoms with Crippen LogP contribution in [0.1, 0.15) is 13.8 Å². The van der Waals surface area contributed by atoms with Crippen LogP contribution < -0.4 is 16.4 Å². The summed E-state index contributed by atoms with van der Waals surface area (Å²) in [7, 11) is -3.98. The van der Waals surface area contributed by atoms with Crippen LogP contribution in [0, 0.1) is 0 Å². The molecule has 0 aliphatic rings. The fraction of sp³-hybridized carbons (Fsp3) is 0.333. The minimum atomic E-state index is -3.98. The topological polar surface area (TPSA) is 118 Å². The van der Waals surface area contributed by atoms with E-state index >= 15 is 0 Å². The van der Waals surface area contributed by atoms with Gasteiger partial charge in [-0.25, -0.2) is 13.2 Å². The zero-order chi connectivity index (χ0) is 16.2. The molecule has 1 aromatic rings. The number of amides is 3. The summed E-state index contributed by atoms with van der Waals surface area (Å²) in [5.41, 5.74) is 5.70. The highest BCUT2D eigenvalue weighted by Gasteiger charge is 2.32. The van der Waals surface area contributed by atoms with Crippen molar-refractivity contribution in [1.82, 2.24) is 10.6 Å². The number of sulfone groups is 1. The zero-order valence-electron chi connectivity index (χ0n) is 11.5. The molecule has 1 aromatic carbocycles. The van der Waals surface area contributed by atoms with Gasteiger partial charge in [0.05, 0.1) is 10.6 Å². The third kappa shape index (κ3) is 4.18. The first-order chi connectivity index (χ1) is 9.70. The number of benzene rings is 1. The Hall–Kier alpha value is -1.61. The summed E-state index contributed by atoms with van der Waals surface area (Å²) in [6, 6.07) is 3.51. The Morgan fingerprint density at radius 2 is 2.00 bits per heavy atom. The van der Waals surface area contributed by atoms with Gasteiger partial charge in [-0.05, 0) is 32.0 Å². The van der Waals surface area contributed by atoms with Gasteiger partial charge in [0.1, 0.15) is 5.25 Å². The molecule has 0 saturated heterocycles. The lowest BCUT2D eigenvalue weighted by Gasteiger charge is -2.14. The van der Waals surface area contributed by atoms with Gasteiger partial charge in [-0.3, -0.25) is 10.1 Å². The van der Waals surface area contributed by atoms with Crippen LogP contribution in [-0.4, -0.2) is 32.2 Å². The molecule has 0 spiro atoms. The summed E-state index contributed by atoms with van der Waals surface area (Å²) in [5.74, 6) is -0.914. The molecule has 0 aromatic heterocycles. The highest BCUT2D eigenvalue weighted by molar-refractivity contribution is 9.10. The molecule has 1 atom stereocenters. The average Bonchev–Trinajstić information content (AvgIpc) is 2.37. The molecule has 0 aliphatic carbocycles. The quantitative estimate of drug-likeness (QED) is 0.677. The Bertz CT molecular complexity index is 660. The van der Waals surface area contributed by atoms with Gasteiger partial charge in [0.25, 0.3) is 0 Å². The molecule has 4 N–H and O–H groups in total. The largest absolute Gasteiger partial charge is 0.398 e. The van der Waals surface area contributed by atoms with Crippen molar-refractivity contribution in [1.29, 1.82) is 0 Å². The lowest BCUT2D eigenvalue weighted by Crippen LogP contribution is -2.45. The first kappa shape index (κ1) is 17.4. The molecule has 0 heterocycles. The molecule has 9 heteroatoms. The molecule has 0 bridgehead atoms. The number of halogens is 1. The van der Waals surface area contributed by atoms with E-state index in [0.717, 1.165) is 0 Å². The first-order valence-corrected chi connectivity index (χ1v) is 8.41. The predicted octanol–water partition coefficient (Wildman–Crippen LogP) is 1.04. The van der Waals surface area contributed by atoms with E-state index in [2.05, 4.69) is 21.2 Å². The maximum atomic E-state index is 12.4. The molecular weight excluding hydrogens is 362 g/mol. The summed E-state index contributed by atoms with van der Waals surface area (Å²) in [4.78, 5) is 22.9. The van der Waals surface area contributed by atoms with Crippen LogP contribution >= 0.6 is 15.9 Å². The Labute approximate surface area is 131 Å². The van der Waals surface area contributed by atoms with Crippen molar-refractivity contribution in [2.24, 2.45) is 0 Å². The van der Waals surface area contributed by atoms with Crippen LogP contribution in [-0.2, 0) is 14.6 Å². The highest BCUT2D eigenvalue weighted by Crippen LogP contribution is 2.26. The zero-order valence-corrected chi connectivity index (χ0v) is 13.9. The molecule has 0 fully saturated rings. The molecule has 1 rings (SSSR count). The minimum Gasteiger partial charge on any atom is -0.398 e. The number of hydrogen-bond acceptors (Lipinski definition) is 5. The van der Waals surface area contributed by atoms with E-state index < -0.39 is 27.0 Å². The maximum Gasteiger partial charge on any atom is 0.321 e. The second-order valence-electron chi connectivity index (χ2n) is 4.22. The van der Waals surface area contributed by atoms with Gasteiger partial charge in [0.15, 0.2) is 9.84 Å². The molecular formula is C12H16BrN3O4S. The number of nitrogens with two attached hydrogens (primary N) is 1. The number of rotatable bonds is 4. The van der Waals surface area contributed by atoms with Gasteiger partial charge >= 0.3 is 6.03 Å². The summed E-state index contributed by atoms with van der Waals surface area (Å²) in [6.07, 6.45) is 0. The van der Waals surface area contributed by atoms with Crippen LogP contribution in [0.25, 0.3) is 0 Å². The van der Waals surface area contributed by atoms with Gasteiger partial charge in [-0.1, -0.05) is 15.9 Å². The van der Waals surface area contributed by atoms with Gasteiger partial charge in [0.2, 0.25) is 5.91 Å². The third-order valence-electron chi connectivity index (χ3n) is 2.69. The molecule has 116 valence electrons. The molecule has 21 heavy (non-hydrogen) atoms. The van der Waals surface area contributed by atoms with Crippen LogP contribution in [0.5, 0.6) is 0 Å². The Morgan fingerprint density at radius 3 is 2.52 bits per heavy atom. The van der Waals surface area contributed by atoms with Crippen LogP contribution in [0.2, 0.25) is 0 Å². The SMILES string of the molecule is CCNC(=O)NC(=O)C(C)S(=O)(=O)c1ccc(Br)cc1N. The number of nitrogen functional groups attached to an aromatic ring is 1. The van der Waals surface area contributed by atoms with Crippen molar-refractivity contribution in [3.05, 3.63) is 22.7 Å². The number of urea groups is 1. The van der Waals surface area contributed by atoms with Crippen LogP contribution in [0.15, 0.2) is 27.6 Å². The van der Waals surface area contributed by atoms with Gasteiger partial charge in [-0.2, -0.15) is 0 Å². The normalized spacial score (nSPS) is 12.5. The molecule has 3 amide bonds. The molecule has 0 aliphatic heterocycles. The van der Waals surface area contributed by atoms with Gasteiger partial charge in [-0.15, -0.1) is 0 Å². The minimum absolute atomic E-state index is 0.0297. The van der Waals surface area contributed by atoms with Gasteiger partial charge < -0.3 is 11.1 Å². The third-order valence-corrected chi connectivity index (χ3v) is 5.31. The van der Waals surface area contributed by atoms with Crippen molar-refractivity contribution < 1.29 is 18.0 Å². The van der Waals surface area contributed by atoms with E-state index in [9.17, 15) is 18.0 Å². The van der Waals surface area contributed by atoms with E-state index in [1.54, 1.807) is 6.92 Å². The number of imide groups is 1. The summed E-state index contributed by atoms with van der Waals surface area (Å²) in [6.45, 7) is 3.19. The number of carbonyl (C=O) groups excluding carboxylic acids is 2. The molecule has 1 unspecified atom stereocenters. The van der Waals surface area contributed by atoms with E-state index in [-0.39, 0.29) is 10.6 Å². The van der Waals surface area contributed by atoms with Crippen molar-refractivity contribution >= 4 is 43.4 Å². The Balaban J connectivity index is 3.01. The summed E-state index contributed by atoms with van der Waals surface area (Å²) < 4.78 is 25.3. The van der Waals surface area contributed by atoms with Crippen molar-refractivity contribution in [3.8, 4) is 0 Å². The van der Waals surface area contributed by atoms with E-state index in [1.807, 2.05) is 5.32 Å². The monoisotopic (exact) mass is 377 g/mol. The van der Waals surface area contributed by atoms with E-state index in [0.29, 0.717) is 11.0 Å². The first-order valence-electron chi connectivity index (χ1n) is 6.07. The van der Waals surface area contributed by atoms with E-state index in [4.69, 9.17) is 5.73 Å². The Kier molecular flexibility index (Phi) is 5.73. The van der Waals surface area contributed by atoms with Crippen LogP contribution in [0.3, 0.4) is 0 Å². The molecule has 7 nitrogen and oxygen atoms in total. The second kappa shape index (κ2) is 6.90. The predicted molar refractivity (Wildman–Crippen MR) is 82.4 cm³/mol. The standard InChI is InChI=1S/C12H16BrN3O4S/c1-3-15-12(18)16-11(17)7(2)21(19,20)10-5-4-8(13)6-9(10)14/h4-7H,3,14H2,1-2H3,(H2,15,16,17,18). The fourth-order valence-corrected chi connectivity index (χ4v) is 3.27. The second-order valence-corrected chi connectivity index (χ2v) is 7.37. The number of anilines is 1. The lowest BCUT2D eigenvalue weighted by molar-refractivity contribution is -0.119. The number of nitrogens with one attached hydrogen (secondary N) is 2. The van der Waals surface area contributed by atoms with Crippen LogP contribution in [0.4, 0.5) is 10.5 Å². The lowest BCUT2D eigenvalue weighted by atomic mass is 10.3. The Morgan fingerprint density at radius 1 is 1.38 bits per heavy atom. The van der Waals surface area contributed by atoms with Crippen molar-refractivity contribution in [2.75, 3.05) is 12.3 Å². The molecule has 0 radical (unpaired) electrons. The van der Waals surface area contributed by atoms with E-state index in [1.165, 1.54) is 25.1 Å².